The largest absolute Gasteiger partial charge is 0.369 e. The third-order valence-electron chi connectivity index (χ3n) is 6.24. The lowest BCUT2D eigenvalue weighted by Gasteiger charge is -2.29. The van der Waals surface area contributed by atoms with Crippen molar-refractivity contribution in [2.45, 2.75) is 31.5 Å². The molecule has 2 aromatic rings. The van der Waals surface area contributed by atoms with Crippen LogP contribution in [0.15, 0.2) is 36.7 Å². The van der Waals surface area contributed by atoms with Gasteiger partial charge in [0.1, 0.15) is 5.69 Å². The predicted octanol–water partition coefficient (Wildman–Crippen LogP) is 1.59. The normalized spacial score (nSPS) is 31.1. The van der Waals surface area contributed by atoms with Gasteiger partial charge in [-0.25, -0.2) is 15.0 Å². The second kappa shape index (κ2) is 6.27. The lowest BCUT2D eigenvalue weighted by Crippen LogP contribution is -2.42. The summed E-state index contributed by atoms with van der Waals surface area (Å²) in [6.07, 6.45) is 5.93. The maximum atomic E-state index is 12.5. The first-order valence-electron chi connectivity index (χ1n) is 9.56. The van der Waals surface area contributed by atoms with Crippen LogP contribution in [0.25, 0.3) is 0 Å². The number of rotatable bonds is 4. The molecule has 0 aromatic carbocycles. The van der Waals surface area contributed by atoms with Crippen LogP contribution in [0.2, 0.25) is 0 Å². The van der Waals surface area contributed by atoms with Crippen LogP contribution in [0.3, 0.4) is 0 Å². The fraction of sp³-hybridized carbons (Fsp3) is 0.500. The Morgan fingerprint density at radius 3 is 3.00 bits per heavy atom. The van der Waals surface area contributed by atoms with E-state index >= 15 is 0 Å². The highest BCUT2D eigenvalue weighted by Gasteiger charge is 2.63. The van der Waals surface area contributed by atoms with E-state index in [1.54, 1.807) is 18.5 Å². The van der Waals surface area contributed by atoms with Crippen molar-refractivity contribution in [3.8, 4) is 0 Å². The van der Waals surface area contributed by atoms with Crippen molar-refractivity contribution in [1.29, 1.82) is 0 Å². The summed E-state index contributed by atoms with van der Waals surface area (Å²) < 4.78 is 6.44. The van der Waals surface area contributed by atoms with Crippen molar-refractivity contribution in [1.82, 2.24) is 20.3 Å². The molecule has 7 heteroatoms. The number of carbonyl (C=O) groups excluding carboxylic acids is 1. The molecule has 0 aliphatic carbocycles. The van der Waals surface area contributed by atoms with Crippen LogP contribution >= 0.6 is 0 Å². The van der Waals surface area contributed by atoms with Crippen molar-refractivity contribution >= 4 is 11.9 Å². The number of anilines is 1. The number of pyridine rings is 1. The number of aryl methyl sites for hydroxylation is 1. The molecule has 5 rings (SSSR count). The SMILES string of the molecule is Cc1cccc(C(=O)NC[C@H]2[C@H]3CN(c4ncccn4)C[C@]34CC[C@H]2O4)n1. The van der Waals surface area contributed by atoms with Crippen LogP contribution in [0, 0.1) is 18.8 Å². The van der Waals surface area contributed by atoms with Crippen LogP contribution in [-0.2, 0) is 4.74 Å². The van der Waals surface area contributed by atoms with Gasteiger partial charge in [0, 0.05) is 43.0 Å². The minimum atomic E-state index is -0.114. The van der Waals surface area contributed by atoms with E-state index in [4.69, 9.17) is 4.74 Å². The van der Waals surface area contributed by atoms with Gasteiger partial charge in [0.05, 0.1) is 18.2 Å². The standard InChI is InChI=1S/C20H23N5O2/c1-13-4-2-5-16(24-13)18(26)23-10-14-15-11-25(19-21-8-3-9-22-19)12-20(15)7-6-17(14)27-20/h2-5,8-9,14-15,17H,6-7,10-12H2,1H3,(H,23,26)/t14-,15+,17+,20+/m0/s1. The Kier molecular flexibility index (Phi) is 3.86. The minimum Gasteiger partial charge on any atom is -0.369 e. The quantitative estimate of drug-likeness (QED) is 0.886. The first-order chi connectivity index (χ1) is 13.1. The number of amides is 1. The van der Waals surface area contributed by atoms with Crippen LogP contribution in [0.4, 0.5) is 5.95 Å². The predicted molar refractivity (Wildman–Crippen MR) is 99.4 cm³/mol. The highest BCUT2D eigenvalue weighted by atomic mass is 16.5. The molecule has 5 heterocycles. The molecule has 27 heavy (non-hydrogen) atoms. The summed E-state index contributed by atoms with van der Waals surface area (Å²) in [7, 11) is 0. The lowest BCUT2D eigenvalue weighted by molar-refractivity contribution is 0.0141. The fourth-order valence-electron chi connectivity index (χ4n) is 5.04. The number of ether oxygens (including phenoxy) is 1. The van der Waals surface area contributed by atoms with E-state index in [0.717, 1.165) is 37.6 Å². The molecule has 0 unspecified atom stereocenters. The van der Waals surface area contributed by atoms with Crippen molar-refractivity contribution in [3.05, 3.63) is 48.0 Å². The Morgan fingerprint density at radius 1 is 1.33 bits per heavy atom. The number of nitrogens with one attached hydrogen (secondary N) is 1. The molecule has 1 spiro atoms. The van der Waals surface area contributed by atoms with Gasteiger partial charge in [-0.15, -0.1) is 0 Å². The Balaban J connectivity index is 1.29. The summed E-state index contributed by atoms with van der Waals surface area (Å²) >= 11 is 0. The second-order valence-corrected chi connectivity index (χ2v) is 7.83. The van der Waals surface area contributed by atoms with E-state index in [1.165, 1.54) is 0 Å². The van der Waals surface area contributed by atoms with Gasteiger partial charge >= 0.3 is 0 Å². The van der Waals surface area contributed by atoms with Crippen LogP contribution in [0.1, 0.15) is 29.0 Å². The third-order valence-corrected chi connectivity index (χ3v) is 6.24. The number of carbonyl (C=O) groups is 1. The molecular formula is C20H23N5O2. The molecule has 0 radical (unpaired) electrons. The van der Waals surface area contributed by atoms with E-state index in [-0.39, 0.29) is 17.6 Å². The number of hydrogen-bond donors (Lipinski definition) is 1. The van der Waals surface area contributed by atoms with Gasteiger partial charge in [-0.05, 0) is 38.0 Å². The number of aromatic nitrogens is 3. The van der Waals surface area contributed by atoms with Crippen molar-refractivity contribution in [3.63, 3.8) is 0 Å². The van der Waals surface area contributed by atoms with E-state index in [2.05, 4.69) is 25.2 Å². The number of nitrogens with zero attached hydrogens (tertiary/aromatic N) is 4. The van der Waals surface area contributed by atoms with Crippen molar-refractivity contribution < 1.29 is 9.53 Å². The van der Waals surface area contributed by atoms with E-state index in [0.29, 0.717) is 24.1 Å². The Hall–Kier alpha value is -2.54. The van der Waals surface area contributed by atoms with Gasteiger partial charge in [0.15, 0.2) is 0 Å². The van der Waals surface area contributed by atoms with Gasteiger partial charge in [-0.2, -0.15) is 0 Å². The zero-order valence-electron chi connectivity index (χ0n) is 15.3. The van der Waals surface area contributed by atoms with Gasteiger partial charge < -0.3 is 15.0 Å². The summed E-state index contributed by atoms with van der Waals surface area (Å²) in [6.45, 7) is 4.23. The highest BCUT2D eigenvalue weighted by molar-refractivity contribution is 5.92. The second-order valence-electron chi connectivity index (χ2n) is 7.83. The van der Waals surface area contributed by atoms with Gasteiger partial charge in [0.25, 0.3) is 5.91 Å². The average Bonchev–Trinajstić information content (AvgIpc) is 3.35. The average molecular weight is 365 g/mol. The lowest BCUT2D eigenvalue weighted by atomic mass is 9.73. The Bertz CT molecular complexity index is 860. The number of hydrogen-bond acceptors (Lipinski definition) is 6. The fourth-order valence-corrected chi connectivity index (χ4v) is 5.04. The molecule has 3 aliphatic heterocycles. The molecule has 7 nitrogen and oxygen atoms in total. The summed E-state index contributed by atoms with van der Waals surface area (Å²) in [6, 6.07) is 7.34. The Morgan fingerprint density at radius 2 is 2.19 bits per heavy atom. The molecule has 140 valence electrons. The summed E-state index contributed by atoms with van der Waals surface area (Å²) in [5, 5.41) is 3.09. The zero-order chi connectivity index (χ0) is 18.4. The third kappa shape index (κ3) is 2.77. The first-order valence-corrected chi connectivity index (χ1v) is 9.56. The van der Waals surface area contributed by atoms with Crippen molar-refractivity contribution in [2.75, 3.05) is 24.5 Å². The summed E-state index contributed by atoms with van der Waals surface area (Å²) in [4.78, 5) is 27.8. The molecular weight excluding hydrogens is 342 g/mol. The smallest absolute Gasteiger partial charge is 0.269 e. The van der Waals surface area contributed by atoms with Crippen molar-refractivity contribution in [2.24, 2.45) is 11.8 Å². The summed E-state index contributed by atoms with van der Waals surface area (Å²) in [5.41, 5.74) is 1.21. The monoisotopic (exact) mass is 365 g/mol. The number of fused-ring (bicyclic) bond motifs is 1. The van der Waals surface area contributed by atoms with Gasteiger partial charge in [-0.1, -0.05) is 6.07 Å². The maximum absolute atomic E-state index is 12.5. The van der Waals surface area contributed by atoms with Crippen LogP contribution in [-0.4, -0.2) is 52.2 Å². The molecule has 3 fully saturated rings. The molecule has 3 aliphatic rings. The van der Waals surface area contributed by atoms with Crippen LogP contribution < -0.4 is 10.2 Å². The van der Waals surface area contributed by atoms with Gasteiger partial charge in [-0.3, -0.25) is 4.79 Å². The van der Waals surface area contributed by atoms with E-state index in [9.17, 15) is 4.79 Å². The summed E-state index contributed by atoms with van der Waals surface area (Å²) in [5.74, 6) is 1.36. The molecule has 1 amide bonds. The van der Waals surface area contributed by atoms with E-state index < -0.39 is 0 Å². The molecule has 2 aromatic heterocycles. The van der Waals surface area contributed by atoms with E-state index in [1.807, 2.05) is 25.1 Å². The molecule has 3 saturated heterocycles. The van der Waals surface area contributed by atoms with Crippen LogP contribution in [0.5, 0.6) is 0 Å². The molecule has 2 bridgehead atoms. The molecule has 1 N–H and O–H groups in total. The maximum Gasteiger partial charge on any atom is 0.269 e. The highest BCUT2D eigenvalue weighted by Crippen LogP contribution is 2.54. The first kappa shape index (κ1) is 16.6. The molecule has 4 atom stereocenters. The Labute approximate surface area is 158 Å². The zero-order valence-corrected chi connectivity index (χ0v) is 15.3. The minimum absolute atomic E-state index is 0.110. The molecule has 0 saturated carbocycles. The van der Waals surface area contributed by atoms with Gasteiger partial charge in [0.2, 0.25) is 5.95 Å². The topological polar surface area (TPSA) is 80.2 Å².